The van der Waals surface area contributed by atoms with E-state index in [0.717, 1.165) is 13.0 Å². The molecule has 0 unspecified atom stereocenters. The minimum atomic E-state index is -0.591. The van der Waals surface area contributed by atoms with Gasteiger partial charge in [0.1, 0.15) is 5.60 Å². The van der Waals surface area contributed by atoms with Gasteiger partial charge in [0.2, 0.25) is 5.91 Å². The lowest BCUT2D eigenvalue weighted by Crippen LogP contribution is -2.44. The first-order chi connectivity index (χ1) is 11.3. The number of nitrogens with zero attached hydrogens (tertiary/aromatic N) is 2. The van der Waals surface area contributed by atoms with Crippen LogP contribution in [0.4, 0.5) is 4.79 Å². The average Bonchev–Trinajstić information content (AvgIpc) is 3.06. The molecule has 1 aromatic carbocycles. The smallest absolute Gasteiger partial charge is 0.417 e. The highest BCUT2D eigenvalue weighted by Gasteiger charge is 2.51. The maximum Gasteiger partial charge on any atom is 0.417 e. The molecule has 1 aromatic rings. The van der Waals surface area contributed by atoms with E-state index in [0.29, 0.717) is 6.54 Å². The van der Waals surface area contributed by atoms with E-state index in [1.165, 1.54) is 10.5 Å². The largest absolute Gasteiger partial charge is 0.443 e. The summed E-state index contributed by atoms with van der Waals surface area (Å²) in [5.41, 5.74) is 0.605. The van der Waals surface area contributed by atoms with Crippen molar-refractivity contribution in [3.05, 3.63) is 35.9 Å². The molecule has 3 atom stereocenters. The fourth-order valence-electron chi connectivity index (χ4n) is 3.74. The fraction of sp³-hybridized carbons (Fsp3) is 0.579. The van der Waals surface area contributed by atoms with Gasteiger partial charge >= 0.3 is 6.09 Å². The van der Waals surface area contributed by atoms with Crippen LogP contribution in [-0.2, 0) is 9.53 Å². The number of benzene rings is 1. The molecule has 0 N–H and O–H groups in total. The number of hydrogen-bond donors (Lipinski definition) is 0. The Morgan fingerprint density at radius 3 is 2.54 bits per heavy atom. The summed E-state index contributed by atoms with van der Waals surface area (Å²) in [4.78, 5) is 28.7. The quantitative estimate of drug-likeness (QED) is 0.835. The molecule has 2 aliphatic heterocycles. The van der Waals surface area contributed by atoms with Gasteiger partial charge in [-0.05, 0) is 46.2 Å². The Labute approximate surface area is 143 Å². The van der Waals surface area contributed by atoms with E-state index >= 15 is 0 Å². The van der Waals surface area contributed by atoms with Crippen molar-refractivity contribution in [2.24, 2.45) is 5.92 Å². The van der Waals surface area contributed by atoms with Crippen LogP contribution in [0, 0.1) is 5.92 Å². The molecule has 2 saturated heterocycles. The van der Waals surface area contributed by atoms with Gasteiger partial charge in [-0.15, -0.1) is 0 Å². The normalized spacial score (nSPS) is 25.7. The summed E-state index contributed by atoms with van der Waals surface area (Å²) in [7, 11) is 0. The highest BCUT2D eigenvalue weighted by Crippen LogP contribution is 2.38. The summed E-state index contributed by atoms with van der Waals surface area (Å²) in [6.07, 6.45) is 0.418. The molecule has 0 bridgehead atoms. The first-order valence-electron chi connectivity index (χ1n) is 8.63. The van der Waals surface area contributed by atoms with Crippen molar-refractivity contribution in [1.82, 2.24) is 9.80 Å². The van der Waals surface area contributed by atoms with Gasteiger partial charge in [-0.3, -0.25) is 9.69 Å². The molecule has 0 saturated carbocycles. The molecule has 0 aliphatic carbocycles. The van der Waals surface area contributed by atoms with Crippen molar-refractivity contribution in [3.8, 4) is 0 Å². The third-order valence-electron chi connectivity index (χ3n) is 4.89. The van der Waals surface area contributed by atoms with E-state index in [1.807, 2.05) is 39.0 Å². The fourth-order valence-corrected chi connectivity index (χ4v) is 3.74. The van der Waals surface area contributed by atoms with Gasteiger partial charge in [0, 0.05) is 18.5 Å². The molecule has 0 aromatic heterocycles. The summed E-state index contributed by atoms with van der Waals surface area (Å²) in [6, 6.07) is 10.1. The Hall–Kier alpha value is -1.88. The van der Waals surface area contributed by atoms with Gasteiger partial charge in [0.25, 0.3) is 0 Å². The number of amides is 2. The van der Waals surface area contributed by atoms with Crippen molar-refractivity contribution in [1.29, 1.82) is 0 Å². The van der Waals surface area contributed by atoms with Crippen LogP contribution in [0.1, 0.15) is 45.7 Å². The van der Waals surface area contributed by atoms with E-state index < -0.39 is 11.7 Å². The summed E-state index contributed by atoms with van der Waals surface area (Å²) in [5, 5.41) is 0. The lowest BCUT2D eigenvalue weighted by atomic mass is 10.0. The number of fused-ring (bicyclic) bond motifs is 1. The zero-order valence-corrected chi connectivity index (χ0v) is 14.9. The van der Waals surface area contributed by atoms with Crippen LogP contribution >= 0.6 is 0 Å². The van der Waals surface area contributed by atoms with Crippen LogP contribution in [0.25, 0.3) is 0 Å². The Bertz CT molecular complexity index is 623. The Kier molecular flexibility index (Phi) is 4.38. The Morgan fingerprint density at radius 2 is 1.92 bits per heavy atom. The zero-order chi connectivity index (χ0) is 17.5. The molecule has 0 spiro atoms. The highest BCUT2D eigenvalue weighted by atomic mass is 16.6. The lowest BCUT2D eigenvalue weighted by molar-refractivity contribution is -0.131. The minimum absolute atomic E-state index is 0.116. The summed E-state index contributed by atoms with van der Waals surface area (Å²) in [5.74, 6) is 0.0886. The van der Waals surface area contributed by atoms with E-state index in [-0.39, 0.29) is 23.9 Å². The van der Waals surface area contributed by atoms with Crippen molar-refractivity contribution < 1.29 is 14.3 Å². The van der Waals surface area contributed by atoms with Crippen LogP contribution in [0.15, 0.2) is 30.3 Å². The lowest BCUT2D eigenvalue weighted by Gasteiger charge is -2.30. The van der Waals surface area contributed by atoms with Crippen molar-refractivity contribution in [2.75, 3.05) is 13.1 Å². The molecule has 2 fully saturated rings. The molecule has 2 heterocycles. The number of carbonyl (C=O) groups is 2. The summed E-state index contributed by atoms with van der Waals surface area (Å²) in [6.45, 7) is 8.93. The van der Waals surface area contributed by atoms with E-state index in [4.69, 9.17) is 4.74 Å². The van der Waals surface area contributed by atoms with Crippen LogP contribution < -0.4 is 0 Å². The van der Waals surface area contributed by atoms with Crippen LogP contribution in [0.5, 0.6) is 0 Å². The van der Waals surface area contributed by atoms with Gasteiger partial charge in [-0.2, -0.15) is 0 Å². The Morgan fingerprint density at radius 1 is 1.25 bits per heavy atom. The third-order valence-corrected chi connectivity index (χ3v) is 4.89. The standard InChI is InChI=1S/C19H26N2O3/c1-13(14-8-6-5-7-9-14)20-11-10-15-12-21(17(22)16(15)20)18(23)24-19(2,3)4/h5-9,13,15-16H,10-12H2,1-4H3/t13-,15-,16-/m0/s1. The predicted octanol–water partition coefficient (Wildman–Crippen LogP) is 3.22. The van der Waals surface area contributed by atoms with Gasteiger partial charge in [-0.25, -0.2) is 9.69 Å². The highest BCUT2D eigenvalue weighted by molar-refractivity contribution is 5.97. The summed E-state index contributed by atoms with van der Waals surface area (Å²) < 4.78 is 5.39. The second-order valence-electron chi connectivity index (χ2n) is 7.75. The molecule has 0 radical (unpaired) electrons. The van der Waals surface area contributed by atoms with Crippen LogP contribution in [0.3, 0.4) is 0 Å². The molecular weight excluding hydrogens is 304 g/mol. The molecule has 130 valence electrons. The minimum Gasteiger partial charge on any atom is -0.443 e. The molecule has 5 nitrogen and oxygen atoms in total. The third kappa shape index (κ3) is 3.18. The number of ether oxygens (including phenoxy) is 1. The Balaban J connectivity index is 1.75. The number of hydrogen-bond acceptors (Lipinski definition) is 4. The average molecular weight is 330 g/mol. The number of imide groups is 1. The molecule has 5 heteroatoms. The van der Waals surface area contributed by atoms with Crippen molar-refractivity contribution in [2.45, 2.75) is 51.8 Å². The monoisotopic (exact) mass is 330 g/mol. The SMILES string of the molecule is C[C@@H](c1ccccc1)N1CC[C@H]2CN(C(=O)OC(C)(C)C)C(=O)[C@H]21. The van der Waals surface area contributed by atoms with Crippen LogP contribution in [-0.4, -0.2) is 46.5 Å². The molecule has 2 amide bonds. The first-order valence-corrected chi connectivity index (χ1v) is 8.63. The number of carbonyl (C=O) groups excluding carboxylic acids is 2. The van der Waals surface area contributed by atoms with E-state index in [1.54, 1.807) is 0 Å². The topological polar surface area (TPSA) is 49.9 Å². The van der Waals surface area contributed by atoms with Gasteiger partial charge in [0.15, 0.2) is 0 Å². The molecule has 24 heavy (non-hydrogen) atoms. The van der Waals surface area contributed by atoms with E-state index in [2.05, 4.69) is 24.0 Å². The number of likely N-dealkylation sites (tertiary alicyclic amines) is 2. The molecule has 2 aliphatic rings. The van der Waals surface area contributed by atoms with Gasteiger partial charge < -0.3 is 4.74 Å². The molecular formula is C19H26N2O3. The van der Waals surface area contributed by atoms with Gasteiger partial charge in [-0.1, -0.05) is 30.3 Å². The van der Waals surface area contributed by atoms with Crippen LogP contribution in [0.2, 0.25) is 0 Å². The zero-order valence-electron chi connectivity index (χ0n) is 14.9. The van der Waals surface area contributed by atoms with E-state index in [9.17, 15) is 9.59 Å². The molecule has 3 rings (SSSR count). The number of rotatable bonds is 2. The maximum absolute atomic E-state index is 12.8. The van der Waals surface area contributed by atoms with Crippen molar-refractivity contribution >= 4 is 12.0 Å². The maximum atomic E-state index is 12.8. The first kappa shape index (κ1) is 17.0. The predicted molar refractivity (Wildman–Crippen MR) is 91.4 cm³/mol. The second-order valence-corrected chi connectivity index (χ2v) is 7.75. The van der Waals surface area contributed by atoms with Crippen molar-refractivity contribution in [3.63, 3.8) is 0 Å². The van der Waals surface area contributed by atoms with Gasteiger partial charge in [0.05, 0.1) is 6.04 Å². The second kappa shape index (κ2) is 6.20. The summed E-state index contributed by atoms with van der Waals surface area (Å²) >= 11 is 0.